The first kappa shape index (κ1) is 26.0. The predicted molar refractivity (Wildman–Crippen MR) is 149 cm³/mol. The lowest BCUT2D eigenvalue weighted by Gasteiger charge is -2.30. The molecule has 39 heavy (non-hydrogen) atoms. The highest BCUT2D eigenvalue weighted by molar-refractivity contribution is 7.16. The van der Waals surface area contributed by atoms with Crippen molar-refractivity contribution in [1.29, 1.82) is 5.26 Å². The topological polar surface area (TPSA) is 142 Å². The summed E-state index contributed by atoms with van der Waals surface area (Å²) < 4.78 is 12.2. The maximum absolute atomic E-state index is 9.84. The van der Waals surface area contributed by atoms with Gasteiger partial charge in [-0.3, -0.25) is 4.90 Å². The van der Waals surface area contributed by atoms with Crippen LogP contribution in [0.15, 0.2) is 10.6 Å². The summed E-state index contributed by atoms with van der Waals surface area (Å²) in [5, 5.41) is 18.1. The summed E-state index contributed by atoms with van der Waals surface area (Å²) >= 11 is 1.49. The van der Waals surface area contributed by atoms with Crippen LogP contribution in [-0.2, 0) is 11.8 Å². The van der Waals surface area contributed by atoms with E-state index in [9.17, 15) is 5.26 Å². The molecule has 0 spiro atoms. The molecular weight excluding hydrogens is 514 g/mol. The molecule has 3 atom stereocenters. The number of nitrogens with two attached hydrogens (primary N) is 1. The lowest BCUT2D eigenvalue weighted by atomic mass is 9.72. The molecule has 6 rings (SSSR count). The summed E-state index contributed by atoms with van der Waals surface area (Å²) in [5.41, 5.74) is 7.63. The fourth-order valence-corrected chi connectivity index (χ4v) is 7.46. The SMILES string of the molecule is C[C@H](Oc1nc(-c2noc([C@@]3(C)CCCc4sc(N)c(C#N)c43)n2)cc(N2CCNCC2)n1)C1CCCN1C. The number of aromatic nitrogens is 4. The Morgan fingerprint density at radius 1 is 1.26 bits per heavy atom. The van der Waals surface area contributed by atoms with Gasteiger partial charge in [0.15, 0.2) is 0 Å². The quantitative estimate of drug-likeness (QED) is 0.468. The Hall–Kier alpha value is -3.27. The number of anilines is 2. The number of aryl methyl sites for hydroxylation is 1. The van der Waals surface area contributed by atoms with Crippen LogP contribution in [0.2, 0.25) is 0 Å². The van der Waals surface area contributed by atoms with Crippen LogP contribution in [-0.4, -0.2) is 76.9 Å². The van der Waals surface area contributed by atoms with Gasteiger partial charge in [-0.25, -0.2) is 0 Å². The zero-order valence-corrected chi connectivity index (χ0v) is 23.6. The minimum atomic E-state index is -0.590. The maximum Gasteiger partial charge on any atom is 0.319 e. The number of likely N-dealkylation sites (N-methyl/N-ethyl adjacent to an activating group) is 1. The number of ether oxygens (including phenoxy) is 1. The highest BCUT2D eigenvalue weighted by Gasteiger charge is 2.43. The van der Waals surface area contributed by atoms with Crippen LogP contribution in [0.5, 0.6) is 6.01 Å². The molecular formula is C27H35N9O2S. The number of likely N-dealkylation sites (tertiary alicyclic amines) is 1. The first-order valence-corrected chi connectivity index (χ1v) is 14.6. The van der Waals surface area contributed by atoms with Crippen molar-refractivity contribution in [3.05, 3.63) is 28.0 Å². The molecule has 2 saturated heterocycles. The number of piperazine rings is 1. The molecule has 5 heterocycles. The molecule has 0 aromatic carbocycles. The first-order chi connectivity index (χ1) is 18.9. The molecule has 1 aliphatic carbocycles. The summed E-state index contributed by atoms with van der Waals surface area (Å²) in [6.07, 6.45) is 4.85. The van der Waals surface area contributed by atoms with Gasteiger partial charge in [0.1, 0.15) is 28.7 Å². The molecule has 0 radical (unpaired) electrons. The van der Waals surface area contributed by atoms with Crippen molar-refractivity contribution in [3.63, 3.8) is 0 Å². The van der Waals surface area contributed by atoms with Gasteiger partial charge in [0.05, 0.1) is 11.0 Å². The third-order valence-corrected chi connectivity index (χ3v) is 9.50. The van der Waals surface area contributed by atoms with Gasteiger partial charge in [0.2, 0.25) is 11.7 Å². The van der Waals surface area contributed by atoms with E-state index in [4.69, 9.17) is 29.9 Å². The molecule has 206 valence electrons. The van der Waals surface area contributed by atoms with Crippen molar-refractivity contribution < 1.29 is 9.26 Å². The van der Waals surface area contributed by atoms with E-state index in [1.165, 1.54) is 11.3 Å². The number of hydrogen-bond donors (Lipinski definition) is 2. The van der Waals surface area contributed by atoms with Crippen LogP contribution < -0.4 is 20.7 Å². The molecule has 0 bridgehead atoms. The summed E-state index contributed by atoms with van der Waals surface area (Å²) in [6, 6.07) is 4.87. The largest absolute Gasteiger partial charge is 0.459 e. The van der Waals surface area contributed by atoms with Gasteiger partial charge in [-0.05, 0) is 59.5 Å². The Kier molecular flexibility index (Phi) is 6.91. The van der Waals surface area contributed by atoms with Gasteiger partial charge in [-0.1, -0.05) is 5.16 Å². The van der Waals surface area contributed by atoms with E-state index >= 15 is 0 Å². The van der Waals surface area contributed by atoms with Gasteiger partial charge >= 0.3 is 6.01 Å². The zero-order valence-electron chi connectivity index (χ0n) is 22.7. The minimum Gasteiger partial charge on any atom is -0.459 e. The van der Waals surface area contributed by atoms with E-state index < -0.39 is 5.41 Å². The lowest BCUT2D eigenvalue weighted by Crippen LogP contribution is -2.44. The van der Waals surface area contributed by atoms with Crippen molar-refractivity contribution in [2.24, 2.45) is 0 Å². The Balaban J connectivity index is 1.36. The van der Waals surface area contributed by atoms with Crippen molar-refractivity contribution in [2.75, 3.05) is 50.4 Å². The number of nitrogen functional groups attached to an aromatic ring is 1. The van der Waals surface area contributed by atoms with Gasteiger partial charge in [0.25, 0.3) is 0 Å². The number of fused-ring (bicyclic) bond motifs is 1. The molecule has 2 aliphatic heterocycles. The third kappa shape index (κ3) is 4.73. The molecule has 0 saturated carbocycles. The highest BCUT2D eigenvalue weighted by Crippen LogP contribution is 2.48. The van der Waals surface area contributed by atoms with E-state index in [1.54, 1.807) is 0 Å². The van der Waals surface area contributed by atoms with Crippen molar-refractivity contribution in [2.45, 2.75) is 63.5 Å². The average molecular weight is 550 g/mol. The van der Waals surface area contributed by atoms with Gasteiger partial charge in [-0.2, -0.15) is 20.2 Å². The Morgan fingerprint density at radius 3 is 2.82 bits per heavy atom. The van der Waals surface area contributed by atoms with E-state index in [0.717, 1.165) is 81.1 Å². The fraction of sp³-hybridized carbons (Fsp3) is 0.593. The second kappa shape index (κ2) is 10.4. The average Bonchev–Trinajstić information content (AvgIpc) is 3.68. The molecule has 1 unspecified atom stereocenters. The van der Waals surface area contributed by atoms with Gasteiger partial charge < -0.3 is 25.2 Å². The summed E-state index contributed by atoms with van der Waals surface area (Å²) in [7, 11) is 2.14. The van der Waals surface area contributed by atoms with Crippen LogP contribution in [0.1, 0.15) is 61.4 Å². The number of hydrogen-bond acceptors (Lipinski definition) is 12. The standard InChI is InChI=1S/C27H35N9O2S/c1-16(19-6-5-11-35(19)3)37-26-31-18(14-21(32-26)36-12-9-30-10-13-36)24-33-25(38-34-24)27(2)8-4-7-20-22(27)17(15-28)23(29)39-20/h14,16,19,30H,4-13,29H2,1-3H3/t16-,19?,27-/m0/s1. The second-order valence-corrected chi connectivity index (χ2v) is 12.1. The molecule has 0 amide bonds. The summed E-state index contributed by atoms with van der Waals surface area (Å²) in [5.74, 6) is 1.64. The van der Waals surface area contributed by atoms with Crippen LogP contribution in [0.25, 0.3) is 11.5 Å². The highest BCUT2D eigenvalue weighted by atomic mass is 32.1. The molecule has 3 N–H and O–H groups in total. The Bertz CT molecular complexity index is 1390. The molecule has 11 nitrogen and oxygen atoms in total. The lowest BCUT2D eigenvalue weighted by molar-refractivity contribution is 0.112. The van der Waals surface area contributed by atoms with Crippen LogP contribution in [0, 0.1) is 11.3 Å². The normalized spacial score (nSPS) is 24.4. The molecule has 3 aromatic heterocycles. The summed E-state index contributed by atoms with van der Waals surface area (Å²) in [4.78, 5) is 20.1. The fourth-order valence-electron chi connectivity index (χ4n) is 6.27. The molecule has 2 fully saturated rings. The molecule has 12 heteroatoms. The van der Waals surface area contributed by atoms with Gasteiger partial charge in [0, 0.05) is 48.7 Å². The Morgan fingerprint density at radius 2 is 2.08 bits per heavy atom. The predicted octanol–water partition coefficient (Wildman–Crippen LogP) is 2.96. The number of nitrogens with one attached hydrogen (secondary N) is 1. The van der Waals surface area contributed by atoms with Gasteiger partial charge in [-0.15, -0.1) is 11.3 Å². The van der Waals surface area contributed by atoms with Crippen LogP contribution >= 0.6 is 11.3 Å². The van der Waals surface area contributed by atoms with Crippen LogP contribution in [0.3, 0.4) is 0 Å². The second-order valence-electron chi connectivity index (χ2n) is 11.0. The monoisotopic (exact) mass is 549 g/mol. The van der Waals surface area contributed by atoms with E-state index in [0.29, 0.717) is 40.0 Å². The minimum absolute atomic E-state index is 0.0579. The van der Waals surface area contributed by atoms with Crippen LogP contribution in [0.4, 0.5) is 10.8 Å². The number of thiophene rings is 1. The van der Waals surface area contributed by atoms with E-state index in [-0.39, 0.29) is 6.10 Å². The first-order valence-electron chi connectivity index (χ1n) is 13.8. The maximum atomic E-state index is 9.84. The summed E-state index contributed by atoms with van der Waals surface area (Å²) in [6.45, 7) is 8.67. The smallest absolute Gasteiger partial charge is 0.319 e. The van der Waals surface area contributed by atoms with Crippen molar-refractivity contribution in [3.8, 4) is 23.6 Å². The van der Waals surface area contributed by atoms with Crippen molar-refractivity contribution in [1.82, 2.24) is 30.3 Å². The molecule has 3 aliphatic rings. The number of nitrogens with zero attached hydrogens (tertiary/aromatic N) is 7. The van der Waals surface area contributed by atoms with Crippen molar-refractivity contribution >= 4 is 22.2 Å². The van der Waals surface area contributed by atoms with E-state index in [2.05, 4.69) is 47.2 Å². The third-order valence-electron chi connectivity index (χ3n) is 8.42. The zero-order chi connectivity index (χ0) is 27.1. The number of nitriles is 1. The number of rotatable bonds is 6. The molecule has 3 aromatic rings. The van der Waals surface area contributed by atoms with E-state index in [1.807, 2.05) is 6.07 Å². The Labute approximate surface area is 232 Å².